The summed E-state index contributed by atoms with van der Waals surface area (Å²) in [5.74, 6) is 0.769. The minimum Gasteiger partial charge on any atom is -0.312 e. The van der Waals surface area contributed by atoms with E-state index in [9.17, 15) is 0 Å². The van der Waals surface area contributed by atoms with Gasteiger partial charge >= 0.3 is 0 Å². The van der Waals surface area contributed by atoms with Crippen LogP contribution in [0.2, 0.25) is 0 Å². The van der Waals surface area contributed by atoms with E-state index in [1.807, 2.05) is 11.3 Å². The Balaban J connectivity index is 2.03. The Morgan fingerprint density at radius 1 is 1.29 bits per heavy atom. The molecule has 3 heteroatoms. The topological polar surface area (TPSA) is 24.9 Å². The average molecular weight is 252 g/mol. The molecule has 0 amide bonds. The second-order valence-corrected chi connectivity index (χ2v) is 6.05. The maximum Gasteiger partial charge on any atom is 0.0962 e. The standard InChI is InChI=1S/C14H24N2S/c1-3-9-15-10-13-12(4-2)16-14(17-13)11-7-5-6-8-11/h11,15H,3-10H2,1-2H3. The van der Waals surface area contributed by atoms with Gasteiger partial charge in [0.2, 0.25) is 0 Å². The minimum atomic E-state index is 0.769. The van der Waals surface area contributed by atoms with Crippen LogP contribution in [0, 0.1) is 0 Å². The normalized spacial score (nSPS) is 16.8. The lowest BCUT2D eigenvalue weighted by atomic mass is 10.1. The molecule has 96 valence electrons. The lowest BCUT2D eigenvalue weighted by Crippen LogP contribution is -2.13. The molecular formula is C14H24N2S. The van der Waals surface area contributed by atoms with E-state index < -0.39 is 0 Å². The molecule has 2 nitrogen and oxygen atoms in total. The van der Waals surface area contributed by atoms with Crippen molar-refractivity contribution < 1.29 is 0 Å². The fourth-order valence-corrected chi connectivity index (χ4v) is 3.84. The van der Waals surface area contributed by atoms with Gasteiger partial charge in [-0.2, -0.15) is 0 Å². The predicted molar refractivity (Wildman–Crippen MR) is 74.7 cm³/mol. The van der Waals surface area contributed by atoms with Crippen LogP contribution in [0.15, 0.2) is 0 Å². The fraction of sp³-hybridized carbons (Fsp3) is 0.786. The molecule has 1 aliphatic carbocycles. The van der Waals surface area contributed by atoms with E-state index in [0.29, 0.717) is 0 Å². The Kier molecular flexibility index (Phi) is 4.99. The van der Waals surface area contributed by atoms with E-state index in [1.165, 1.54) is 47.7 Å². The van der Waals surface area contributed by atoms with Crippen molar-refractivity contribution in [2.45, 2.75) is 64.8 Å². The smallest absolute Gasteiger partial charge is 0.0962 e. The van der Waals surface area contributed by atoms with Gasteiger partial charge in [0.25, 0.3) is 0 Å². The molecule has 0 aliphatic heterocycles. The molecule has 1 heterocycles. The van der Waals surface area contributed by atoms with Crippen LogP contribution in [0.25, 0.3) is 0 Å². The van der Waals surface area contributed by atoms with Crippen molar-refractivity contribution in [2.24, 2.45) is 0 Å². The van der Waals surface area contributed by atoms with Crippen molar-refractivity contribution in [3.63, 3.8) is 0 Å². The molecule has 0 saturated heterocycles. The van der Waals surface area contributed by atoms with Gasteiger partial charge in [0.1, 0.15) is 0 Å². The van der Waals surface area contributed by atoms with Gasteiger partial charge < -0.3 is 5.32 Å². The van der Waals surface area contributed by atoms with Crippen molar-refractivity contribution in [2.75, 3.05) is 6.54 Å². The van der Waals surface area contributed by atoms with Crippen LogP contribution in [-0.4, -0.2) is 11.5 Å². The summed E-state index contributed by atoms with van der Waals surface area (Å²) >= 11 is 1.96. The second-order valence-electron chi connectivity index (χ2n) is 4.93. The zero-order valence-electron chi connectivity index (χ0n) is 11.1. The van der Waals surface area contributed by atoms with Crippen LogP contribution in [0.5, 0.6) is 0 Å². The summed E-state index contributed by atoms with van der Waals surface area (Å²) in [5.41, 5.74) is 1.33. The quantitative estimate of drug-likeness (QED) is 0.778. The van der Waals surface area contributed by atoms with Crippen LogP contribution < -0.4 is 5.32 Å². The van der Waals surface area contributed by atoms with Gasteiger partial charge in [-0.05, 0) is 32.2 Å². The highest BCUT2D eigenvalue weighted by Crippen LogP contribution is 2.37. The highest BCUT2D eigenvalue weighted by molar-refractivity contribution is 7.11. The van der Waals surface area contributed by atoms with E-state index in [0.717, 1.165) is 25.4 Å². The molecule has 0 radical (unpaired) electrons. The number of rotatable bonds is 6. The van der Waals surface area contributed by atoms with Crippen molar-refractivity contribution in [3.8, 4) is 0 Å². The first-order valence-electron chi connectivity index (χ1n) is 7.04. The zero-order valence-corrected chi connectivity index (χ0v) is 11.9. The molecular weight excluding hydrogens is 228 g/mol. The largest absolute Gasteiger partial charge is 0.312 e. The van der Waals surface area contributed by atoms with Gasteiger partial charge in [-0.3, -0.25) is 0 Å². The van der Waals surface area contributed by atoms with E-state index in [4.69, 9.17) is 4.98 Å². The Labute approximate surface area is 109 Å². The molecule has 1 saturated carbocycles. The Morgan fingerprint density at radius 2 is 2.06 bits per heavy atom. The molecule has 1 aliphatic rings. The second kappa shape index (κ2) is 6.50. The first kappa shape index (κ1) is 13.0. The average Bonchev–Trinajstić information content (AvgIpc) is 2.97. The van der Waals surface area contributed by atoms with Crippen LogP contribution in [0.4, 0.5) is 0 Å². The van der Waals surface area contributed by atoms with Crippen LogP contribution >= 0.6 is 11.3 Å². The Morgan fingerprint density at radius 3 is 2.71 bits per heavy atom. The number of aryl methyl sites for hydroxylation is 1. The summed E-state index contributed by atoms with van der Waals surface area (Å²) < 4.78 is 0. The number of thiazole rings is 1. The maximum absolute atomic E-state index is 4.87. The lowest BCUT2D eigenvalue weighted by molar-refractivity contribution is 0.675. The molecule has 17 heavy (non-hydrogen) atoms. The highest BCUT2D eigenvalue weighted by atomic mass is 32.1. The maximum atomic E-state index is 4.87. The van der Waals surface area contributed by atoms with Crippen molar-refractivity contribution in [1.29, 1.82) is 0 Å². The summed E-state index contributed by atoms with van der Waals surface area (Å²) in [4.78, 5) is 6.34. The molecule has 0 unspecified atom stereocenters. The molecule has 2 rings (SSSR count). The SMILES string of the molecule is CCCNCc1sc(C2CCCC2)nc1CC. The van der Waals surface area contributed by atoms with Gasteiger partial charge in [-0.1, -0.05) is 26.7 Å². The third kappa shape index (κ3) is 3.29. The molecule has 0 atom stereocenters. The Hall–Kier alpha value is -0.410. The van der Waals surface area contributed by atoms with Crippen LogP contribution in [0.3, 0.4) is 0 Å². The summed E-state index contributed by atoms with van der Waals surface area (Å²) in [7, 11) is 0. The predicted octanol–water partition coefficient (Wildman–Crippen LogP) is 3.86. The molecule has 0 spiro atoms. The van der Waals surface area contributed by atoms with Crippen molar-refractivity contribution in [1.82, 2.24) is 10.3 Å². The van der Waals surface area contributed by atoms with Crippen LogP contribution in [0.1, 0.15) is 67.4 Å². The van der Waals surface area contributed by atoms with Crippen LogP contribution in [-0.2, 0) is 13.0 Å². The first-order chi connectivity index (χ1) is 8.35. The zero-order chi connectivity index (χ0) is 12.1. The van der Waals surface area contributed by atoms with Crippen molar-refractivity contribution in [3.05, 3.63) is 15.6 Å². The highest BCUT2D eigenvalue weighted by Gasteiger charge is 2.21. The van der Waals surface area contributed by atoms with Gasteiger partial charge in [-0.25, -0.2) is 4.98 Å². The van der Waals surface area contributed by atoms with E-state index in [-0.39, 0.29) is 0 Å². The number of nitrogens with one attached hydrogen (secondary N) is 1. The summed E-state index contributed by atoms with van der Waals surface area (Å²) in [6, 6.07) is 0. The van der Waals surface area contributed by atoms with Gasteiger partial charge in [0.05, 0.1) is 10.7 Å². The molecule has 1 aromatic heterocycles. The van der Waals surface area contributed by atoms with Gasteiger partial charge in [0, 0.05) is 17.3 Å². The molecule has 0 bridgehead atoms. The minimum absolute atomic E-state index is 0.769. The molecule has 0 aromatic carbocycles. The summed E-state index contributed by atoms with van der Waals surface area (Å²) in [6.07, 6.45) is 7.79. The third-order valence-electron chi connectivity index (χ3n) is 3.55. The van der Waals surface area contributed by atoms with Crippen molar-refractivity contribution >= 4 is 11.3 Å². The third-order valence-corrected chi connectivity index (χ3v) is 4.81. The number of hydrogen-bond acceptors (Lipinski definition) is 3. The van der Waals surface area contributed by atoms with Gasteiger partial charge in [0.15, 0.2) is 0 Å². The van der Waals surface area contributed by atoms with Gasteiger partial charge in [-0.15, -0.1) is 11.3 Å². The van der Waals surface area contributed by atoms with E-state index >= 15 is 0 Å². The number of aromatic nitrogens is 1. The molecule has 1 aromatic rings. The summed E-state index contributed by atoms with van der Waals surface area (Å²) in [6.45, 7) is 6.56. The molecule has 1 N–H and O–H groups in total. The first-order valence-corrected chi connectivity index (χ1v) is 7.86. The number of hydrogen-bond donors (Lipinski definition) is 1. The number of nitrogens with zero attached hydrogens (tertiary/aromatic N) is 1. The van der Waals surface area contributed by atoms with E-state index in [2.05, 4.69) is 19.2 Å². The van der Waals surface area contributed by atoms with E-state index in [1.54, 1.807) is 0 Å². The molecule has 1 fully saturated rings. The summed E-state index contributed by atoms with van der Waals surface area (Å²) in [5, 5.41) is 4.91. The fourth-order valence-electron chi connectivity index (χ4n) is 2.54. The monoisotopic (exact) mass is 252 g/mol. The lowest BCUT2D eigenvalue weighted by Gasteiger charge is -2.02. The Bertz CT molecular complexity index is 340.